The molecule has 152 valence electrons. The van der Waals surface area contributed by atoms with Gasteiger partial charge in [-0.1, -0.05) is 31.0 Å². The highest BCUT2D eigenvalue weighted by Crippen LogP contribution is 2.31. The maximum Gasteiger partial charge on any atom is 0.239 e. The average molecular weight is 393 g/mol. The van der Waals surface area contributed by atoms with E-state index in [2.05, 4.69) is 34.7 Å². The first-order valence-electron chi connectivity index (χ1n) is 10.2. The number of benzene rings is 2. The van der Waals surface area contributed by atoms with Crippen molar-refractivity contribution in [3.63, 3.8) is 0 Å². The second-order valence-electron chi connectivity index (χ2n) is 7.87. The van der Waals surface area contributed by atoms with Crippen LogP contribution >= 0.6 is 0 Å². The van der Waals surface area contributed by atoms with Crippen molar-refractivity contribution < 1.29 is 9.53 Å². The molecule has 1 fully saturated rings. The minimum absolute atomic E-state index is 0.0160. The Morgan fingerprint density at radius 3 is 2.72 bits per heavy atom. The van der Waals surface area contributed by atoms with Crippen molar-refractivity contribution >= 4 is 22.5 Å². The topological polar surface area (TPSA) is 59.4 Å². The molecule has 0 saturated heterocycles. The van der Waals surface area contributed by atoms with Gasteiger partial charge in [0, 0.05) is 12.6 Å². The Bertz CT molecular complexity index is 991. The molecule has 1 saturated carbocycles. The van der Waals surface area contributed by atoms with Gasteiger partial charge in [-0.05, 0) is 54.4 Å². The van der Waals surface area contributed by atoms with E-state index in [0.29, 0.717) is 19.1 Å². The molecule has 1 aliphatic rings. The first kappa shape index (κ1) is 19.5. The normalized spacial score (nSPS) is 14.6. The molecule has 6 heteroatoms. The molecule has 0 spiro atoms. The number of fused-ring (bicyclic) bond motifs is 1. The fourth-order valence-electron chi connectivity index (χ4n) is 4.15. The van der Waals surface area contributed by atoms with Gasteiger partial charge in [0.2, 0.25) is 5.91 Å². The molecule has 0 unspecified atom stereocenters. The van der Waals surface area contributed by atoms with Gasteiger partial charge in [-0.15, -0.1) is 0 Å². The van der Waals surface area contributed by atoms with Crippen LogP contribution in [0.15, 0.2) is 48.7 Å². The molecule has 1 aromatic heterocycles. The van der Waals surface area contributed by atoms with Crippen molar-refractivity contribution in [2.75, 3.05) is 26.0 Å². The molecule has 1 heterocycles. The zero-order chi connectivity index (χ0) is 20.2. The molecule has 0 aliphatic heterocycles. The van der Waals surface area contributed by atoms with E-state index in [1.54, 1.807) is 13.3 Å². The molecule has 0 bridgehead atoms. The Morgan fingerprint density at radius 2 is 1.93 bits per heavy atom. The molecule has 2 aromatic carbocycles. The van der Waals surface area contributed by atoms with Crippen molar-refractivity contribution in [3.05, 3.63) is 54.2 Å². The number of hydrogen-bond donors (Lipinski definition) is 1. The maximum atomic E-state index is 12.6. The van der Waals surface area contributed by atoms with Crippen LogP contribution in [-0.2, 0) is 11.3 Å². The summed E-state index contributed by atoms with van der Waals surface area (Å²) in [5.41, 5.74) is 1.17. The molecule has 1 amide bonds. The first-order valence-corrected chi connectivity index (χ1v) is 10.2. The van der Waals surface area contributed by atoms with Crippen molar-refractivity contribution in [1.82, 2.24) is 14.7 Å². The summed E-state index contributed by atoms with van der Waals surface area (Å²) in [7, 11) is 3.64. The van der Waals surface area contributed by atoms with Gasteiger partial charge in [-0.25, -0.2) is 4.68 Å². The molecule has 4 rings (SSSR count). The van der Waals surface area contributed by atoms with E-state index in [1.165, 1.54) is 23.8 Å². The summed E-state index contributed by atoms with van der Waals surface area (Å²) in [6, 6.07) is 14.7. The fourth-order valence-corrected chi connectivity index (χ4v) is 4.15. The number of methoxy groups -OCH3 is 1. The van der Waals surface area contributed by atoms with Gasteiger partial charge in [-0.3, -0.25) is 9.69 Å². The van der Waals surface area contributed by atoms with E-state index >= 15 is 0 Å². The Morgan fingerprint density at radius 1 is 1.17 bits per heavy atom. The van der Waals surface area contributed by atoms with Crippen molar-refractivity contribution in [1.29, 1.82) is 0 Å². The molecule has 1 aliphatic carbocycles. The van der Waals surface area contributed by atoms with Gasteiger partial charge in [0.25, 0.3) is 0 Å². The van der Waals surface area contributed by atoms with Crippen LogP contribution in [0.25, 0.3) is 10.8 Å². The van der Waals surface area contributed by atoms with Crippen LogP contribution in [0.4, 0.5) is 5.82 Å². The van der Waals surface area contributed by atoms with Crippen molar-refractivity contribution in [3.8, 4) is 5.75 Å². The number of nitrogens with zero attached hydrogens (tertiary/aromatic N) is 3. The molecular formula is C23H28N4O2. The third kappa shape index (κ3) is 4.59. The van der Waals surface area contributed by atoms with Gasteiger partial charge in [0.15, 0.2) is 0 Å². The maximum absolute atomic E-state index is 12.6. The summed E-state index contributed by atoms with van der Waals surface area (Å²) >= 11 is 0. The summed E-state index contributed by atoms with van der Waals surface area (Å²) in [6.07, 6.45) is 6.51. The first-order chi connectivity index (χ1) is 14.1. The predicted octanol–water partition coefficient (Wildman–Crippen LogP) is 4.23. The van der Waals surface area contributed by atoms with Gasteiger partial charge in [-0.2, -0.15) is 5.10 Å². The van der Waals surface area contributed by atoms with Crippen LogP contribution in [0.5, 0.6) is 5.75 Å². The van der Waals surface area contributed by atoms with E-state index in [-0.39, 0.29) is 5.91 Å². The van der Waals surface area contributed by atoms with Crippen LogP contribution < -0.4 is 10.1 Å². The van der Waals surface area contributed by atoms with Crippen LogP contribution in [0, 0.1) is 0 Å². The van der Waals surface area contributed by atoms with Gasteiger partial charge in [0.05, 0.1) is 25.9 Å². The smallest absolute Gasteiger partial charge is 0.239 e. The third-order valence-corrected chi connectivity index (χ3v) is 5.59. The van der Waals surface area contributed by atoms with E-state index in [0.717, 1.165) is 29.8 Å². The Labute approximate surface area is 171 Å². The van der Waals surface area contributed by atoms with E-state index in [9.17, 15) is 4.79 Å². The lowest BCUT2D eigenvalue weighted by Crippen LogP contribution is -2.30. The fraction of sp³-hybridized carbons (Fsp3) is 0.391. The minimum Gasteiger partial charge on any atom is -0.497 e. The number of nitrogens with one attached hydrogen (secondary N) is 1. The molecule has 1 N–H and O–H groups in total. The second-order valence-corrected chi connectivity index (χ2v) is 7.87. The number of rotatable bonds is 7. The lowest BCUT2D eigenvalue weighted by Gasteiger charge is -2.18. The molecule has 0 atom stereocenters. The highest BCUT2D eigenvalue weighted by Gasteiger charge is 2.20. The van der Waals surface area contributed by atoms with Crippen LogP contribution in [0.1, 0.15) is 37.3 Å². The van der Waals surface area contributed by atoms with Crippen LogP contribution in [0.2, 0.25) is 0 Å². The standard InChI is InChI=1S/C23H28N4O2/c1-26(15-17-7-8-19-14-21(29-2)10-9-18(19)13-17)16-23(28)25-22-11-12-24-27(22)20-5-3-4-6-20/h7-14,20H,3-6,15-16H2,1-2H3,(H,25,28). The Kier molecular flexibility index (Phi) is 5.81. The highest BCUT2D eigenvalue weighted by molar-refractivity contribution is 5.91. The molecule has 6 nitrogen and oxygen atoms in total. The van der Waals surface area contributed by atoms with Crippen LogP contribution in [0.3, 0.4) is 0 Å². The minimum atomic E-state index is -0.0160. The number of hydrogen-bond acceptors (Lipinski definition) is 4. The van der Waals surface area contributed by atoms with Gasteiger partial charge >= 0.3 is 0 Å². The lowest BCUT2D eigenvalue weighted by molar-refractivity contribution is -0.117. The zero-order valence-electron chi connectivity index (χ0n) is 17.1. The number of amides is 1. The number of carbonyl (C=O) groups excluding carboxylic acids is 1. The number of anilines is 1. The van der Waals surface area contributed by atoms with Crippen molar-refractivity contribution in [2.45, 2.75) is 38.3 Å². The number of likely N-dealkylation sites (N-methyl/N-ethyl adjacent to an activating group) is 1. The monoisotopic (exact) mass is 392 g/mol. The Hall–Kier alpha value is -2.86. The van der Waals surface area contributed by atoms with E-state index < -0.39 is 0 Å². The number of carbonyl (C=O) groups is 1. The molecular weight excluding hydrogens is 364 g/mol. The number of aromatic nitrogens is 2. The van der Waals surface area contributed by atoms with Crippen molar-refractivity contribution in [2.24, 2.45) is 0 Å². The van der Waals surface area contributed by atoms with E-state index in [4.69, 9.17) is 4.74 Å². The SMILES string of the molecule is COc1ccc2cc(CN(C)CC(=O)Nc3ccnn3C3CCCC3)ccc2c1. The summed E-state index contributed by atoms with van der Waals surface area (Å²) in [4.78, 5) is 14.6. The van der Waals surface area contributed by atoms with Crippen LogP contribution in [-0.4, -0.2) is 41.3 Å². The predicted molar refractivity (Wildman–Crippen MR) is 115 cm³/mol. The lowest BCUT2D eigenvalue weighted by atomic mass is 10.1. The molecule has 29 heavy (non-hydrogen) atoms. The quantitative estimate of drug-likeness (QED) is 0.654. The Balaban J connectivity index is 1.36. The molecule has 0 radical (unpaired) electrons. The largest absolute Gasteiger partial charge is 0.497 e. The molecule has 3 aromatic rings. The van der Waals surface area contributed by atoms with Gasteiger partial charge in [0.1, 0.15) is 11.6 Å². The summed E-state index contributed by atoms with van der Waals surface area (Å²) < 4.78 is 7.26. The summed E-state index contributed by atoms with van der Waals surface area (Å²) in [5.74, 6) is 1.64. The summed E-state index contributed by atoms with van der Waals surface area (Å²) in [5, 5.41) is 9.77. The average Bonchev–Trinajstić information content (AvgIpc) is 3.39. The zero-order valence-corrected chi connectivity index (χ0v) is 17.1. The second kappa shape index (κ2) is 8.66. The third-order valence-electron chi connectivity index (χ3n) is 5.59. The van der Waals surface area contributed by atoms with Gasteiger partial charge < -0.3 is 10.1 Å². The number of ether oxygens (including phenoxy) is 1. The highest BCUT2D eigenvalue weighted by atomic mass is 16.5. The summed E-state index contributed by atoms with van der Waals surface area (Å²) in [6.45, 7) is 1.04. The van der Waals surface area contributed by atoms with E-state index in [1.807, 2.05) is 34.8 Å².